The molecule has 1 saturated heterocycles. The summed E-state index contributed by atoms with van der Waals surface area (Å²) in [4.78, 5) is 27.0. The molecule has 0 unspecified atom stereocenters. The Hall–Kier alpha value is -3.42. The number of nitrogens with zero attached hydrogens (tertiary/aromatic N) is 1. The number of nitrogens with one attached hydrogen (secondary N) is 1. The van der Waals surface area contributed by atoms with Gasteiger partial charge in [0.1, 0.15) is 11.5 Å². The van der Waals surface area contributed by atoms with Crippen molar-refractivity contribution in [2.45, 2.75) is 32.6 Å². The van der Waals surface area contributed by atoms with Crippen LogP contribution in [0.2, 0.25) is 0 Å². The molecule has 0 aliphatic carbocycles. The van der Waals surface area contributed by atoms with Crippen molar-refractivity contribution in [3.05, 3.63) is 47.5 Å². The standard InChI is InChI=1S/C26H34N2O6/c1-4-33-24-17-20(8-10-23(24)34-18-25(29)28-14-6-5-7-15-28)26(30)27-13-12-19-16-21(31-2)9-11-22(19)32-3/h8-11,16-17H,4-7,12-15,18H2,1-3H3,(H,27,30). The molecule has 2 aromatic rings. The van der Waals surface area contributed by atoms with Gasteiger partial charge >= 0.3 is 0 Å². The van der Waals surface area contributed by atoms with E-state index in [0.29, 0.717) is 36.6 Å². The van der Waals surface area contributed by atoms with E-state index in [1.165, 1.54) is 0 Å². The molecule has 184 valence electrons. The van der Waals surface area contributed by atoms with Gasteiger partial charge in [0.25, 0.3) is 11.8 Å². The second-order valence-electron chi connectivity index (χ2n) is 8.01. The lowest BCUT2D eigenvalue weighted by molar-refractivity contribution is -0.134. The van der Waals surface area contributed by atoms with Crippen molar-refractivity contribution in [1.29, 1.82) is 0 Å². The molecule has 0 radical (unpaired) electrons. The number of carbonyl (C=O) groups excluding carboxylic acids is 2. The molecule has 8 nitrogen and oxygen atoms in total. The summed E-state index contributed by atoms with van der Waals surface area (Å²) in [6, 6.07) is 10.6. The average molecular weight is 471 g/mol. The first-order chi connectivity index (χ1) is 16.5. The molecular formula is C26H34N2O6. The van der Waals surface area contributed by atoms with E-state index in [1.807, 2.05) is 30.0 Å². The van der Waals surface area contributed by atoms with E-state index in [0.717, 1.165) is 49.4 Å². The molecule has 8 heteroatoms. The van der Waals surface area contributed by atoms with Crippen LogP contribution in [0.3, 0.4) is 0 Å². The first kappa shape index (κ1) is 25.2. The number of carbonyl (C=O) groups is 2. The smallest absolute Gasteiger partial charge is 0.260 e. The van der Waals surface area contributed by atoms with Crippen LogP contribution in [0.4, 0.5) is 0 Å². The summed E-state index contributed by atoms with van der Waals surface area (Å²) in [6.07, 6.45) is 3.81. The van der Waals surface area contributed by atoms with Crippen LogP contribution < -0.4 is 24.3 Å². The van der Waals surface area contributed by atoms with Gasteiger partial charge < -0.3 is 29.2 Å². The van der Waals surface area contributed by atoms with Crippen molar-refractivity contribution in [2.24, 2.45) is 0 Å². The maximum absolute atomic E-state index is 12.7. The second-order valence-corrected chi connectivity index (χ2v) is 8.01. The quantitative estimate of drug-likeness (QED) is 0.541. The van der Waals surface area contributed by atoms with Gasteiger partial charge in [0.15, 0.2) is 18.1 Å². The molecular weight excluding hydrogens is 436 g/mol. The molecule has 0 atom stereocenters. The van der Waals surface area contributed by atoms with E-state index in [9.17, 15) is 9.59 Å². The number of methoxy groups -OCH3 is 2. The molecule has 0 spiro atoms. The van der Waals surface area contributed by atoms with Crippen molar-refractivity contribution in [2.75, 3.05) is 47.1 Å². The number of amides is 2. The molecule has 1 N–H and O–H groups in total. The van der Waals surface area contributed by atoms with E-state index in [1.54, 1.807) is 32.4 Å². The van der Waals surface area contributed by atoms with Gasteiger partial charge in [0, 0.05) is 25.2 Å². The molecule has 1 aliphatic heterocycles. The number of ether oxygens (including phenoxy) is 4. The molecule has 1 aliphatic rings. The largest absolute Gasteiger partial charge is 0.497 e. The summed E-state index contributed by atoms with van der Waals surface area (Å²) in [5.74, 6) is 2.11. The van der Waals surface area contributed by atoms with Crippen LogP contribution in [0.5, 0.6) is 23.0 Å². The number of rotatable bonds is 11. The zero-order chi connectivity index (χ0) is 24.3. The third-order valence-electron chi connectivity index (χ3n) is 5.73. The fourth-order valence-corrected chi connectivity index (χ4v) is 3.90. The van der Waals surface area contributed by atoms with Gasteiger partial charge in [-0.2, -0.15) is 0 Å². The van der Waals surface area contributed by atoms with Gasteiger partial charge in [-0.1, -0.05) is 0 Å². The Morgan fingerprint density at radius 2 is 1.68 bits per heavy atom. The lowest BCUT2D eigenvalue weighted by Crippen LogP contribution is -2.38. The fraction of sp³-hybridized carbons (Fsp3) is 0.462. The molecule has 34 heavy (non-hydrogen) atoms. The Balaban J connectivity index is 1.59. The highest BCUT2D eigenvalue weighted by Crippen LogP contribution is 2.29. The molecule has 1 heterocycles. The summed E-state index contributed by atoms with van der Waals surface area (Å²) in [7, 11) is 3.23. The third-order valence-corrected chi connectivity index (χ3v) is 5.73. The summed E-state index contributed by atoms with van der Waals surface area (Å²) in [5, 5.41) is 2.93. The maximum Gasteiger partial charge on any atom is 0.260 e. The van der Waals surface area contributed by atoms with Crippen LogP contribution in [0.25, 0.3) is 0 Å². The number of hydrogen-bond acceptors (Lipinski definition) is 6. The zero-order valence-corrected chi connectivity index (χ0v) is 20.2. The molecule has 1 fully saturated rings. The topological polar surface area (TPSA) is 86.3 Å². The molecule has 2 amide bonds. The molecule has 0 aromatic heterocycles. The number of likely N-dealkylation sites (tertiary alicyclic amines) is 1. The van der Waals surface area contributed by atoms with Crippen LogP contribution in [0.1, 0.15) is 42.1 Å². The Morgan fingerprint density at radius 1 is 0.912 bits per heavy atom. The summed E-state index contributed by atoms with van der Waals surface area (Å²) < 4.78 is 22.1. The highest BCUT2D eigenvalue weighted by Gasteiger charge is 2.18. The lowest BCUT2D eigenvalue weighted by Gasteiger charge is -2.26. The molecule has 2 aromatic carbocycles. The Kier molecular flexibility index (Phi) is 9.43. The van der Waals surface area contributed by atoms with Gasteiger partial charge in [0.05, 0.1) is 20.8 Å². The van der Waals surface area contributed by atoms with E-state index >= 15 is 0 Å². The summed E-state index contributed by atoms with van der Waals surface area (Å²) in [6.45, 7) is 4.21. The number of hydrogen-bond donors (Lipinski definition) is 1. The average Bonchev–Trinajstić information content (AvgIpc) is 2.88. The highest BCUT2D eigenvalue weighted by atomic mass is 16.5. The predicted octanol–water partition coefficient (Wildman–Crippen LogP) is 3.47. The maximum atomic E-state index is 12.7. The van der Waals surface area contributed by atoms with Crippen LogP contribution in [-0.4, -0.2) is 63.8 Å². The minimum atomic E-state index is -0.223. The summed E-state index contributed by atoms with van der Waals surface area (Å²) >= 11 is 0. The minimum absolute atomic E-state index is 0.0306. The van der Waals surface area contributed by atoms with Gasteiger partial charge in [-0.05, 0) is 74.6 Å². The number of benzene rings is 2. The van der Waals surface area contributed by atoms with Crippen LogP contribution in [-0.2, 0) is 11.2 Å². The van der Waals surface area contributed by atoms with Crippen molar-refractivity contribution >= 4 is 11.8 Å². The van der Waals surface area contributed by atoms with Crippen molar-refractivity contribution < 1.29 is 28.5 Å². The Bertz CT molecular complexity index is 972. The third kappa shape index (κ3) is 6.79. The predicted molar refractivity (Wildman–Crippen MR) is 129 cm³/mol. The number of piperidine rings is 1. The molecule has 0 bridgehead atoms. The molecule has 0 saturated carbocycles. The summed E-state index contributed by atoms with van der Waals surface area (Å²) in [5.41, 5.74) is 1.40. The fourth-order valence-electron chi connectivity index (χ4n) is 3.90. The van der Waals surface area contributed by atoms with E-state index in [2.05, 4.69) is 5.32 Å². The highest BCUT2D eigenvalue weighted by molar-refractivity contribution is 5.94. The first-order valence-electron chi connectivity index (χ1n) is 11.7. The van der Waals surface area contributed by atoms with Gasteiger partial charge in [-0.15, -0.1) is 0 Å². The van der Waals surface area contributed by atoms with Gasteiger partial charge in [0.2, 0.25) is 0 Å². The second kappa shape index (κ2) is 12.7. The van der Waals surface area contributed by atoms with Crippen LogP contribution >= 0.6 is 0 Å². The van der Waals surface area contributed by atoms with Crippen molar-refractivity contribution in [3.8, 4) is 23.0 Å². The van der Waals surface area contributed by atoms with Gasteiger partial charge in [-0.3, -0.25) is 9.59 Å². The van der Waals surface area contributed by atoms with Crippen LogP contribution in [0.15, 0.2) is 36.4 Å². The Morgan fingerprint density at radius 3 is 2.38 bits per heavy atom. The minimum Gasteiger partial charge on any atom is -0.497 e. The van der Waals surface area contributed by atoms with E-state index in [-0.39, 0.29) is 18.4 Å². The monoisotopic (exact) mass is 470 g/mol. The van der Waals surface area contributed by atoms with E-state index < -0.39 is 0 Å². The van der Waals surface area contributed by atoms with Crippen molar-refractivity contribution in [1.82, 2.24) is 10.2 Å². The first-order valence-corrected chi connectivity index (χ1v) is 11.7. The lowest BCUT2D eigenvalue weighted by atomic mass is 10.1. The van der Waals surface area contributed by atoms with Crippen LogP contribution in [0, 0.1) is 0 Å². The van der Waals surface area contributed by atoms with Crippen molar-refractivity contribution in [3.63, 3.8) is 0 Å². The zero-order valence-electron chi connectivity index (χ0n) is 20.2. The SMILES string of the molecule is CCOc1cc(C(=O)NCCc2cc(OC)ccc2OC)ccc1OCC(=O)N1CCCCC1. The van der Waals surface area contributed by atoms with Gasteiger partial charge in [-0.25, -0.2) is 0 Å². The normalized spacial score (nSPS) is 13.2. The molecule has 3 rings (SSSR count). The Labute approximate surface area is 201 Å². The van der Waals surface area contributed by atoms with E-state index in [4.69, 9.17) is 18.9 Å².